The molecule has 4 nitrogen and oxygen atoms in total. The fourth-order valence-corrected chi connectivity index (χ4v) is 2.20. The van der Waals surface area contributed by atoms with Gasteiger partial charge in [-0.3, -0.25) is 4.79 Å². The first-order valence-electron chi connectivity index (χ1n) is 6.20. The summed E-state index contributed by atoms with van der Waals surface area (Å²) in [6, 6.07) is 10.9. The predicted molar refractivity (Wildman–Crippen MR) is 71.8 cm³/mol. The van der Waals surface area contributed by atoms with Gasteiger partial charge in [-0.25, -0.2) is 0 Å². The van der Waals surface area contributed by atoms with Gasteiger partial charge < -0.3 is 4.90 Å². The lowest BCUT2D eigenvalue weighted by Crippen LogP contribution is -2.27. The zero-order valence-electron chi connectivity index (χ0n) is 10.7. The van der Waals surface area contributed by atoms with E-state index in [1.165, 1.54) is 0 Å². The molecule has 0 unspecified atom stereocenters. The van der Waals surface area contributed by atoms with E-state index in [1.807, 2.05) is 30.3 Å². The number of benzene rings is 1. The third-order valence-electron chi connectivity index (χ3n) is 3.13. The molecule has 0 aromatic heterocycles. The Kier molecular flexibility index (Phi) is 3.63. The zero-order valence-corrected chi connectivity index (χ0v) is 10.7. The number of unbranched alkanes of at least 4 members (excludes halogenated alkanes) is 1. The number of hydrogen-bond donors (Lipinski definition) is 0. The third kappa shape index (κ3) is 2.09. The van der Waals surface area contributed by atoms with E-state index in [2.05, 4.69) is 6.92 Å². The molecule has 0 saturated heterocycles. The number of fused-ring (bicyclic) bond motifs is 1. The van der Waals surface area contributed by atoms with Crippen molar-refractivity contribution in [3.05, 3.63) is 35.4 Å². The van der Waals surface area contributed by atoms with Gasteiger partial charge in [-0.1, -0.05) is 31.5 Å². The van der Waals surface area contributed by atoms with Crippen LogP contribution in [-0.4, -0.2) is 12.5 Å². The maximum Gasteiger partial charge on any atom is 0.261 e. The second kappa shape index (κ2) is 5.37. The minimum Gasteiger partial charge on any atom is -0.308 e. The molecule has 1 aromatic rings. The van der Waals surface area contributed by atoms with Crippen LogP contribution in [-0.2, 0) is 4.79 Å². The number of allylic oxidation sites excluding steroid dienone is 1. The Balaban J connectivity index is 2.57. The van der Waals surface area contributed by atoms with Gasteiger partial charge in [0.2, 0.25) is 0 Å². The molecular formula is C15H13N3O. The van der Waals surface area contributed by atoms with Gasteiger partial charge in [-0.15, -0.1) is 0 Å². The Morgan fingerprint density at radius 1 is 1.26 bits per heavy atom. The number of hydrogen-bond acceptors (Lipinski definition) is 3. The van der Waals surface area contributed by atoms with Gasteiger partial charge in [0.15, 0.2) is 0 Å². The Labute approximate surface area is 112 Å². The van der Waals surface area contributed by atoms with Crippen molar-refractivity contribution in [2.45, 2.75) is 19.8 Å². The lowest BCUT2D eigenvalue weighted by atomic mass is 10.0. The Morgan fingerprint density at radius 3 is 2.58 bits per heavy atom. The summed E-state index contributed by atoms with van der Waals surface area (Å²) in [5.74, 6) is -0.243. The number of carbonyl (C=O) groups is 1. The number of para-hydroxylation sites is 1. The number of carbonyl (C=O) groups excluding carboxylic acids is 1. The van der Waals surface area contributed by atoms with Crippen molar-refractivity contribution in [1.82, 2.24) is 0 Å². The van der Waals surface area contributed by atoms with E-state index < -0.39 is 0 Å². The van der Waals surface area contributed by atoms with Crippen LogP contribution in [0.3, 0.4) is 0 Å². The first kappa shape index (κ1) is 12.9. The van der Waals surface area contributed by atoms with Crippen molar-refractivity contribution in [2.75, 3.05) is 11.4 Å². The third-order valence-corrected chi connectivity index (χ3v) is 3.13. The van der Waals surface area contributed by atoms with Gasteiger partial charge in [0.1, 0.15) is 17.7 Å². The SMILES string of the molecule is CCCCN1C(=O)C(=C(C#N)C#N)c2ccccc21. The summed E-state index contributed by atoms with van der Waals surface area (Å²) in [7, 11) is 0. The van der Waals surface area contributed by atoms with Gasteiger partial charge >= 0.3 is 0 Å². The van der Waals surface area contributed by atoms with Crippen LogP contribution in [0.1, 0.15) is 25.3 Å². The highest BCUT2D eigenvalue weighted by molar-refractivity contribution is 6.34. The smallest absolute Gasteiger partial charge is 0.261 e. The van der Waals surface area contributed by atoms with E-state index in [1.54, 1.807) is 11.0 Å². The molecule has 1 aromatic carbocycles. The Morgan fingerprint density at radius 2 is 1.95 bits per heavy atom. The summed E-state index contributed by atoms with van der Waals surface area (Å²) >= 11 is 0. The monoisotopic (exact) mass is 251 g/mol. The highest BCUT2D eigenvalue weighted by Crippen LogP contribution is 2.38. The van der Waals surface area contributed by atoms with Crippen molar-refractivity contribution in [3.63, 3.8) is 0 Å². The molecule has 94 valence electrons. The fourth-order valence-electron chi connectivity index (χ4n) is 2.20. The summed E-state index contributed by atoms with van der Waals surface area (Å²) < 4.78 is 0. The number of anilines is 1. The maximum atomic E-state index is 12.4. The molecule has 0 spiro atoms. The van der Waals surface area contributed by atoms with Crippen LogP contribution in [0.25, 0.3) is 5.57 Å². The normalized spacial score (nSPS) is 12.9. The summed E-state index contributed by atoms with van der Waals surface area (Å²) in [6.07, 6.45) is 1.87. The average molecular weight is 251 g/mol. The molecule has 1 amide bonds. The van der Waals surface area contributed by atoms with Gasteiger partial charge in [0.25, 0.3) is 5.91 Å². The number of nitrogens with zero attached hydrogens (tertiary/aromatic N) is 3. The molecule has 19 heavy (non-hydrogen) atoms. The van der Waals surface area contributed by atoms with Crippen LogP contribution in [0.4, 0.5) is 5.69 Å². The molecule has 4 heteroatoms. The van der Waals surface area contributed by atoms with Crippen LogP contribution in [0.2, 0.25) is 0 Å². The number of rotatable bonds is 3. The van der Waals surface area contributed by atoms with Crippen LogP contribution >= 0.6 is 0 Å². The quantitative estimate of drug-likeness (QED) is 0.612. The summed E-state index contributed by atoms with van der Waals surface area (Å²) in [4.78, 5) is 14.0. The second-order valence-electron chi connectivity index (χ2n) is 4.30. The second-order valence-corrected chi connectivity index (χ2v) is 4.30. The van der Waals surface area contributed by atoms with Crippen LogP contribution in [0, 0.1) is 22.7 Å². The first-order chi connectivity index (χ1) is 9.24. The molecule has 0 radical (unpaired) electrons. The molecule has 0 bridgehead atoms. The van der Waals surface area contributed by atoms with Gasteiger partial charge in [0.05, 0.1) is 11.3 Å². The fraction of sp³-hybridized carbons (Fsp3) is 0.267. The van der Waals surface area contributed by atoms with E-state index in [4.69, 9.17) is 10.5 Å². The predicted octanol–water partition coefficient (Wildman–Crippen LogP) is 2.63. The lowest BCUT2D eigenvalue weighted by molar-refractivity contribution is -0.113. The van der Waals surface area contributed by atoms with Crippen LogP contribution < -0.4 is 4.90 Å². The van der Waals surface area contributed by atoms with E-state index in [-0.39, 0.29) is 17.1 Å². The molecule has 2 rings (SSSR count). The van der Waals surface area contributed by atoms with E-state index in [0.29, 0.717) is 12.1 Å². The highest BCUT2D eigenvalue weighted by Gasteiger charge is 2.34. The van der Waals surface area contributed by atoms with E-state index in [0.717, 1.165) is 18.5 Å². The first-order valence-corrected chi connectivity index (χ1v) is 6.20. The topological polar surface area (TPSA) is 67.9 Å². The molecule has 0 fully saturated rings. The standard InChI is InChI=1S/C15H13N3O/c1-2-3-8-18-13-7-5-4-6-12(13)14(15(18)19)11(9-16)10-17/h4-7H,2-3,8H2,1H3. The molecule has 0 N–H and O–H groups in total. The van der Waals surface area contributed by atoms with Gasteiger partial charge in [-0.2, -0.15) is 10.5 Å². The largest absolute Gasteiger partial charge is 0.308 e. The summed E-state index contributed by atoms with van der Waals surface area (Å²) in [6.45, 7) is 2.67. The molecule has 0 aliphatic carbocycles. The Bertz CT molecular complexity index is 616. The maximum absolute atomic E-state index is 12.4. The summed E-state index contributed by atoms with van der Waals surface area (Å²) in [5, 5.41) is 18.0. The van der Waals surface area contributed by atoms with Crippen molar-refractivity contribution in [2.24, 2.45) is 0 Å². The molecule has 0 saturated carbocycles. The van der Waals surface area contributed by atoms with Crippen molar-refractivity contribution in [1.29, 1.82) is 10.5 Å². The van der Waals surface area contributed by atoms with E-state index >= 15 is 0 Å². The lowest BCUT2D eigenvalue weighted by Gasteiger charge is -2.16. The Hall–Kier alpha value is -2.59. The number of nitriles is 2. The number of amides is 1. The minimum atomic E-state index is -0.243. The zero-order chi connectivity index (χ0) is 13.8. The molecule has 0 atom stereocenters. The molecule has 1 aliphatic heterocycles. The molecule has 1 heterocycles. The molecule has 1 aliphatic rings. The van der Waals surface area contributed by atoms with E-state index in [9.17, 15) is 4.79 Å². The van der Waals surface area contributed by atoms with Crippen LogP contribution in [0.5, 0.6) is 0 Å². The van der Waals surface area contributed by atoms with Crippen molar-refractivity contribution >= 4 is 17.2 Å². The van der Waals surface area contributed by atoms with Crippen molar-refractivity contribution in [3.8, 4) is 12.1 Å². The molecular weight excluding hydrogens is 238 g/mol. The highest BCUT2D eigenvalue weighted by atomic mass is 16.2. The summed E-state index contributed by atoms with van der Waals surface area (Å²) in [5.41, 5.74) is 1.59. The van der Waals surface area contributed by atoms with Gasteiger partial charge in [0, 0.05) is 12.1 Å². The average Bonchev–Trinajstić information content (AvgIpc) is 2.71. The van der Waals surface area contributed by atoms with Crippen LogP contribution in [0.15, 0.2) is 29.8 Å². The van der Waals surface area contributed by atoms with Crippen molar-refractivity contribution < 1.29 is 4.79 Å². The van der Waals surface area contributed by atoms with Gasteiger partial charge in [-0.05, 0) is 12.5 Å². The minimum absolute atomic E-state index is 0.114.